The van der Waals surface area contributed by atoms with Crippen LogP contribution in [0.4, 0.5) is 18.9 Å². The van der Waals surface area contributed by atoms with Crippen LogP contribution in [-0.2, 0) is 13.2 Å². The third kappa shape index (κ3) is 3.11. The lowest BCUT2D eigenvalue weighted by Crippen LogP contribution is -2.13. The first kappa shape index (κ1) is 14.4. The van der Waals surface area contributed by atoms with Crippen molar-refractivity contribution in [3.8, 4) is 0 Å². The molecule has 1 heterocycles. The molecule has 0 aliphatic rings. The Morgan fingerprint density at radius 1 is 1.30 bits per heavy atom. The molecule has 0 radical (unpaired) electrons. The number of carbonyl (C=O) groups is 1. The molecule has 2 aromatic rings. The van der Waals surface area contributed by atoms with Crippen molar-refractivity contribution in [2.45, 2.75) is 6.18 Å². The van der Waals surface area contributed by atoms with E-state index in [1.54, 1.807) is 12.1 Å². The van der Waals surface area contributed by atoms with Crippen molar-refractivity contribution < 1.29 is 18.0 Å². The number of hydrogen-bond donors (Lipinski definition) is 1. The van der Waals surface area contributed by atoms with Gasteiger partial charge in [0, 0.05) is 23.8 Å². The lowest BCUT2D eigenvalue weighted by Gasteiger charge is -2.04. The van der Waals surface area contributed by atoms with Crippen molar-refractivity contribution in [1.82, 2.24) is 9.78 Å². The first-order valence-corrected chi connectivity index (χ1v) is 5.83. The first-order valence-electron chi connectivity index (χ1n) is 5.45. The van der Waals surface area contributed by atoms with E-state index < -0.39 is 17.8 Å². The summed E-state index contributed by atoms with van der Waals surface area (Å²) in [6.07, 6.45) is -4.56. The van der Waals surface area contributed by atoms with Gasteiger partial charge in [-0.25, -0.2) is 0 Å². The molecule has 8 heteroatoms. The van der Waals surface area contributed by atoms with Crippen LogP contribution in [0, 0.1) is 0 Å². The van der Waals surface area contributed by atoms with Gasteiger partial charge in [-0.2, -0.15) is 18.3 Å². The summed E-state index contributed by atoms with van der Waals surface area (Å²) < 4.78 is 38.4. The number of rotatable bonds is 2. The Hall–Kier alpha value is -2.02. The zero-order chi connectivity index (χ0) is 14.9. The summed E-state index contributed by atoms with van der Waals surface area (Å²) in [5.74, 6) is -0.724. The summed E-state index contributed by atoms with van der Waals surface area (Å²) in [5, 5.41) is 6.47. The molecular formula is C12H9ClF3N3O. The summed E-state index contributed by atoms with van der Waals surface area (Å²) in [7, 11) is 1.13. The molecule has 0 fully saturated rings. The van der Waals surface area contributed by atoms with E-state index in [4.69, 9.17) is 11.6 Å². The van der Waals surface area contributed by atoms with Gasteiger partial charge < -0.3 is 5.32 Å². The van der Waals surface area contributed by atoms with Crippen molar-refractivity contribution >= 4 is 23.2 Å². The van der Waals surface area contributed by atoms with Crippen molar-refractivity contribution in [3.05, 3.63) is 46.7 Å². The monoisotopic (exact) mass is 303 g/mol. The fourth-order valence-electron chi connectivity index (χ4n) is 1.57. The Balaban J connectivity index is 2.20. The lowest BCUT2D eigenvalue weighted by atomic mass is 10.3. The van der Waals surface area contributed by atoms with E-state index in [2.05, 4.69) is 10.4 Å². The van der Waals surface area contributed by atoms with Crippen LogP contribution < -0.4 is 5.32 Å². The molecule has 106 valence electrons. The summed E-state index contributed by atoms with van der Waals surface area (Å²) in [4.78, 5) is 11.8. The van der Waals surface area contributed by atoms with Crippen molar-refractivity contribution in [2.75, 3.05) is 5.32 Å². The van der Waals surface area contributed by atoms with E-state index in [9.17, 15) is 18.0 Å². The second-order valence-electron chi connectivity index (χ2n) is 4.00. The summed E-state index contributed by atoms with van der Waals surface area (Å²) in [5.41, 5.74) is -0.882. The average Bonchev–Trinajstić information content (AvgIpc) is 2.74. The number of alkyl halides is 3. The third-order valence-electron chi connectivity index (χ3n) is 2.50. The fraction of sp³-hybridized carbons (Fsp3) is 0.167. The van der Waals surface area contributed by atoms with Gasteiger partial charge >= 0.3 is 6.18 Å². The van der Waals surface area contributed by atoms with E-state index in [0.29, 0.717) is 21.5 Å². The molecular weight excluding hydrogens is 295 g/mol. The number of benzene rings is 1. The maximum absolute atomic E-state index is 12.6. The Morgan fingerprint density at radius 3 is 2.40 bits per heavy atom. The zero-order valence-corrected chi connectivity index (χ0v) is 11.0. The van der Waals surface area contributed by atoms with Gasteiger partial charge in [-0.05, 0) is 24.3 Å². The lowest BCUT2D eigenvalue weighted by molar-refractivity contribution is -0.143. The quantitative estimate of drug-likeness (QED) is 0.925. The minimum atomic E-state index is -4.56. The second kappa shape index (κ2) is 5.16. The Labute approximate surface area is 117 Å². The maximum atomic E-state index is 12.6. The van der Waals surface area contributed by atoms with Gasteiger partial charge in [0.2, 0.25) is 0 Å². The number of nitrogens with one attached hydrogen (secondary N) is 1. The highest BCUT2D eigenvalue weighted by atomic mass is 35.5. The van der Waals surface area contributed by atoms with Gasteiger partial charge in [0.05, 0.1) is 0 Å². The van der Waals surface area contributed by atoms with E-state index >= 15 is 0 Å². The van der Waals surface area contributed by atoms with Crippen LogP contribution in [0.25, 0.3) is 0 Å². The largest absolute Gasteiger partial charge is 0.433 e. The standard InChI is InChI=1S/C12H9ClF3N3O/c1-19-10(12(14,15)16)6-9(18-19)11(20)17-8-4-2-7(13)3-5-8/h2-6H,1H3,(H,17,20). The van der Waals surface area contributed by atoms with E-state index in [-0.39, 0.29) is 5.69 Å². The first-order chi connectivity index (χ1) is 9.27. The maximum Gasteiger partial charge on any atom is 0.433 e. The number of hydrogen-bond acceptors (Lipinski definition) is 2. The highest BCUT2D eigenvalue weighted by Crippen LogP contribution is 2.29. The van der Waals surface area contributed by atoms with Gasteiger partial charge in [-0.15, -0.1) is 0 Å². The van der Waals surface area contributed by atoms with Gasteiger partial charge in [0.25, 0.3) is 5.91 Å². The van der Waals surface area contributed by atoms with E-state index in [1.165, 1.54) is 12.1 Å². The summed E-state index contributed by atoms with van der Waals surface area (Å²) >= 11 is 5.69. The number of aromatic nitrogens is 2. The highest BCUT2D eigenvalue weighted by molar-refractivity contribution is 6.30. The molecule has 4 nitrogen and oxygen atoms in total. The predicted molar refractivity (Wildman–Crippen MR) is 67.6 cm³/mol. The molecule has 1 N–H and O–H groups in total. The average molecular weight is 304 g/mol. The van der Waals surface area contributed by atoms with Crippen LogP contribution >= 0.6 is 11.6 Å². The Bertz CT molecular complexity index is 634. The van der Waals surface area contributed by atoms with Crippen molar-refractivity contribution in [1.29, 1.82) is 0 Å². The van der Waals surface area contributed by atoms with Crippen molar-refractivity contribution in [3.63, 3.8) is 0 Å². The number of nitrogens with zero attached hydrogens (tertiary/aromatic N) is 2. The van der Waals surface area contributed by atoms with Crippen LogP contribution in [0.15, 0.2) is 30.3 Å². The van der Waals surface area contributed by atoms with Gasteiger partial charge in [-0.1, -0.05) is 11.6 Å². The Morgan fingerprint density at radius 2 is 1.90 bits per heavy atom. The highest BCUT2D eigenvalue weighted by Gasteiger charge is 2.35. The van der Waals surface area contributed by atoms with Crippen LogP contribution in [0.5, 0.6) is 0 Å². The Kier molecular flexibility index (Phi) is 3.71. The minimum absolute atomic E-state index is 0.310. The zero-order valence-electron chi connectivity index (χ0n) is 10.2. The molecule has 1 amide bonds. The van der Waals surface area contributed by atoms with Gasteiger partial charge in [0.1, 0.15) is 5.69 Å². The van der Waals surface area contributed by atoms with Gasteiger partial charge in [0.15, 0.2) is 5.69 Å². The number of anilines is 1. The van der Waals surface area contributed by atoms with Crippen LogP contribution in [-0.4, -0.2) is 15.7 Å². The number of halogens is 4. The number of amides is 1. The van der Waals surface area contributed by atoms with Crippen LogP contribution in [0.3, 0.4) is 0 Å². The molecule has 0 aliphatic heterocycles. The molecule has 1 aromatic heterocycles. The molecule has 0 aliphatic carbocycles. The predicted octanol–water partition coefficient (Wildman–Crippen LogP) is 3.34. The van der Waals surface area contributed by atoms with Crippen LogP contribution in [0.2, 0.25) is 5.02 Å². The van der Waals surface area contributed by atoms with Crippen molar-refractivity contribution in [2.24, 2.45) is 7.05 Å². The molecule has 0 bridgehead atoms. The molecule has 0 spiro atoms. The molecule has 0 unspecified atom stereocenters. The van der Waals surface area contributed by atoms with Gasteiger partial charge in [-0.3, -0.25) is 9.48 Å². The number of aryl methyl sites for hydroxylation is 1. The molecule has 0 saturated carbocycles. The fourth-order valence-corrected chi connectivity index (χ4v) is 1.70. The summed E-state index contributed by atoms with van der Waals surface area (Å²) in [6, 6.07) is 6.88. The normalized spacial score (nSPS) is 11.4. The molecule has 0 saturated heterocycles. The van der Waals surface area contributed by atoms with E-state index in [1.807, 2.05) is 0 Å². The minimum Gasteiger partial charge on any atom is -0.321 e. The van der Waals surface area contributed by atoms with E-state index in [0.717, 1.165) is 7.05 Å². The summed E-state index contributed by atoms with van der Waals surface area (Å²) in [6.45, 7) is 0. The SMILES string of the molecule is Cn1nc(C(=O)Nc2ccc(Cl)cc2)cc1C(F)(F)F. The molecule has 2 rings (SSSR count). The second-order valence-corrected chi connectivity index (χ2v) is 4.43. The smallest absolute Gasteiger partial charge is 0.321 e. The third-order valence-corrected chi connectivity index (χ3v) is 2.76. The number of carbonyl (C=O) groups excluding carboxylic acids is 1. The molecule has 0 atom stereocenters. The van der Waals surface area contributed by atoms with Crippen LogP contribution in [0.1, 0.15) is 16.2 Å². The topological polar surface area (TPSA) is 46.9 Å². The molecule has 1 aromatic carbocycles. The molecule has 20 heavy (non-hydrogen) atoms.